The zero-order chi connectivity index (χ0) is 37.7. The first-order valence-corrected chi connectivity index (χ1v) is 18.2. The molecule has 0 radical (unpaired) electrons. The third kappa shape index (κ3) is 6.51. The molecule has 6 aromatic rings. The highest BCUT2D eigenvalue weighted by Crippen LogP contribution is 2.35. The number of aromatic nitrogens is 6. The smallest absolute Gasteiger partial charge is 0.345 e. The number of halogens is 2. The van der Waals surface area contributed by atoms with Crippen LogP contribution in [0.4, 0.5) is 8.78 Å². The standard InChI is InChI=1S/C39H41F2N9O4/c1-21-25-13-12-22-18-30(50(35(22)46-25)15-8-4-5-11-28-33(37(51)43-21)45-27-10-7-6-9-26(27)44-28)36-47-29-17-23(19-32(53-3)34(29)48(36)2)38(52)49-16-14-31(24(42)20-49)54-39(40)41/h6-7,9-10,12-13,17-19,21,24,31,39H,4-5,8,11,14-16,20,42H2,1-3H3,(H,43,51)/t21-,24+,31-/m1/s1. The first-order chi connectivity index (χ1) is 26.1. The third-order valence-corrected chi connectivity index (χ3v) is 10.5. The van der Waals surface area contributed by atoms with Crippen LogP contribution < -0.4 is 15.8 Å². The van der Waals surface area contributed by atoms with Crippen LogP contribution in [-0.2, 0) is 24.8 Å². The van der Waals surface area contributed by atoms with Gasteiger partial charge in [-0.1, -0.05) is 18.6 Å². The van der Waals surface area contributed by atoms with Gasteiger partial charge in [0.25, 0.3) is 11.8 Å². The average molecular weight is 738 g/mol. The Morgan fingerprint density at radius 1 is 0.981 bits per heavy atom. The van der Waals surface area contributed by atoms with Gasteiger partial charge in [0.15, 0.2) is 5.82 Å². The second kappa shape index (κ2) is 14.4. The van der Waals surface area contributed by atoms with Crippen molar-refractivity contribution >= 4 is 44.9 Å². The van der Waals surface area contributed by atoms with Gasteiger partial charge in [0.1, 0.15) is 22.6 Å². The van der Waals surface area contributed by atoms with E-state index in [0.29, 0.717) is 63.7 Å². The first-order valence-electron chi connectivity index (χ1n) is 18.2. The van der Waals surface area contributed by atoms with E-state index in [4.69, 9.17) is 30.4 Å². The Balaban J connectivity index is 1.14. The minimum Gasteiger partial charge on any atom is -0.494 e. The zero-order valence-electron chi connectivity index (χ0n) is 30.3. The summed E-state index contributed by atoms with van der Waals surface area (Å²) in [6.07, 6.45) is 2.53. The lowest BCUT2D eigenvalue weighted by atomic mass is 10.0. The van der Waals surface area contributed by atoms with E-state index in [9.17, 15) is 18.4 Å². The normalized spacial score (nSPS) is 19.7. The number of para-hydroxylation sites is 2. The summed E-state index contributed by atoms with van der Waals surface area (Å²) < 4.78 is 40.3. The Labute approximate surface area is 309 Å². The molecule has 2 aromatic carbocycles. The zero-order valence-corrected chi connectivity index (χ0v) is 30.3. The highest BCUT2D eigenvalue weighted by atomic mass is 19.3. The van der Waals surface area contributed by atoms with Gasteiger partial charge in [0.05, 0.1) is 52.9 Å². The number of amides is 2. The molecular weight excluding hydrogens is 696 g/mol. The summed E-state index contributed by atoms with van der Waals surface area (Å²) in [6, 6.07) is 15.8. The molecule has 54 heavy (non-hydrogen) atoms. The first kappa shape index (κ1) is 35.5. The van der Waals surface area contributed by atoms with Crippen LogP contribution in [-0.4, -0.2) is 84.7 Å². The number of imidazole rings is 1. The Kier molecular flexibility index (Phi) is 9.44. The summed E-state index contributed by atoms with van der Waals surface area (Å²) in [4.78, 5) is 48.6. The van der Waals surface area contributed by atoms with Crippen LogP contribution in [0.15, 0.2) is 54.6 Å². The molecule has 1 fully saturated rings. The molecule has 0 unspecified atom stereocenters. The van der Waals surface area contributed by atoms with Gasteiger partial charge in [-0.15, -0.1) is 0 Å². The number of likely N-dealkylation sites (tertiary alicyclic amines) is 1. The molecule has 0 spiro atoms. The molecule has 13 nitrogen and oxygen atoms in total. The van der Waals surface area contributed by atoms with Gasteiger partial charge in [-0.3, -0.25) is 9.59 Å². The van der Waals surface area contributed by atoms with Crippen molar-refractivity contribution in [3.63, 3.8) is 0 Å². The highest BCUT2D eigenvalue weighted by molar-refractivity contribution is 6.00. The number of methoxy groups -OCH3 is 1. The van der Waals surface area contributed by atoms with Crippen LogP contribution in [0.1, 0.15) is 70.9 Å². The van der Waals surface area contributed by atoms with Crippen LogP contribution in [0.25, 0.3) is 44.6 Å². The number of aryl methyl sites for hydroxylation is 3. The van der Waals surface area contributed by atoms with Crippen molar-refractivity contribution in [2.24, 2.45) is 12.8 Å². The Bertz CT molecular complexity index is 2410. The number of carbonyl (C=O) groups excluding carboxylic acids is 2. The number of carbonyl (C=O) groups is 2. The van der Waals surface area contributed by atoms with Crippen molar-refractivity contribution < 1.29 is 27.8 Å². The SMILES string of the molecule is COc1cc(C(=O)N2CC[C@@H](OC(F)F)[C@@H](N)C2)cc2nc(-c3cc4ccc5nc4n3CCCCCc3nc4ccccc4nc3C(=O)N[C@@H]5C)n(C)c12. The summed E-state index contributed by atoms with van der Waals surface area (Å²) in [5.41, 5.74) is 12.5. The van der Waals surface area contributed by atoms with Gasteiger partial charge in [-0.25, -0.2) is 19.9 Å². The van der Waals surface area contributed by atoms with E-state index in [0.717, 1.165) is 41.5 Å². The van der Waals surface area contributed by atoms with Crippen LogP contribution >= 0.6 is 0 Å². The van der Waals surface area contributed by atoms with Crippen LogP contribution in [0.2, 0.25) is 0 Å². The number of nitrogens with two attached hydrogens (primary N) is 1. The summed E-state index contributed by atoms with van der Waals surface area (Å²) in [7, 11) is 3.45. The molecule has 15 heteroatoms. The predicted octanol–water partition coefficient (Wildman–Crippen LogP) is 5.54. The molecule has 1 saturated heterocycles. The van der Waals surface area contributed by atoms with Gasteiger partial charge >= 0.3 is 6.61 Å². The molecule has 3 N–H and O–H groups in total. The molecule has 2 bridgehead atoms. The third-order valence-electron chi connectivity index (χ3n) is 10.5. The summed E-state index contributed by atoms with van der Waals surface area (Å²) in [5, 5.41) is 4.03. The minimum atomic E-state index is -2.93. The lowest BCUT2D eigenvalue weighted by Gasteiger charge is -2.36. The second-order valence-electron chi connectivity index (χ2n) is 14.0. The quantitative estimate of drug-likeness (QED) is 0.232. The van der Waals surface area contributed by atoms with E-state index in [2.05, 4.69) is 20.7 Å². The minimum absolute atomic E-state index is 0.0816. The molecule has 280 valence electrons. The van der Waals surface area contributed by atoms with E-state index in [1.54, 1.807) is 24.1 Å². The summed E-state index contributed by atoms with van der Waals surface area (Å²) in [6.45, 7) is -0.0401. The van der Waals surface area contributed by atoms with Crippen molar-refractivity contribution in [2.45, 2.75) is 70.4 Å². The summed E-state index contributed by atoms with van der Waals surface area (Å²) >= 11 is 0. The van der Waals surface area contributed by atoms with Gasteiger partial charge in [0, 0.05) is 43.7 Å². The lowest BCUT2D eigenvalue weighted by molar-refractivity contribution is -0.175. The monoisotopic (exact) mass is 737 g/mol. The van der Waals surface area contributed by atoms with E-state index in [1.165, 1.54) is 0 Å². The van der Waals surface area contributed by atoms with Gasteiger partial charge in [-0.05, 0) is 75.1 Å². The number of piperidine rings is 1. The topological polar surface area (TPSA) is 155 Å². The van der Waals surface area contributed by atoms with Crippen LogP contribution in [0, 0.1) is 0 Å². The molecule has 4 aromatic heterocycles. The molecular formula is C39H41F2N9O4. The number of hydrogen-bond donors (Lipinski definition) is 2. The fourth-order valence-electron chi connectivity index (χ4n) is 7.71. The second-order valence-corrected chi connectivity index (χ2v) is 14.0. The number of nitrogens with one attached hydrogen (secondary N) is 1. The number of benzene rings is 2. The highest BCUT2D eigenvalue weighted by Gasteiger charge is 2.33. The van der Waals surface area contributed by atoms with E-state index >= 15 is 0 Å². The summed E-state index contributed by atoms with van der Waals surface area (Å²) in [5.74, 6) is 0.550. The van der Waals surface area contributed by atoms with E-state index in [1.807, 2.05) is 54.9 Å². The number of hydrogen-bond acceptors (Lipinski definition) is 9. The number of ether oxygens (including phenoxy) is 2. The fourth-order valence-corrected chi connectivity index (χ4v) is 7.71. The van der Waals surface area contributed by atoms with Crippen molar-refractivity contribution in [1.82, 2.24) is 39.3 Å². The molecule has 0 saturated carbocycles. The average Bonchev–Trinajstić information content (AvgIpc) is 3.70. The largest absolute Gasteiger partial charge is 0.494 e. The van der Waals surface area contributed by atoms with E-state index in [-0.39, 0.29) is 31.3 Å². The number of rotatable bonds is 5. The molecule has 6 heterocycles. The molecule has 2 amide bonds. The van der Waals surface area contributed by atoms with Gasteiger partial charge in [0.2, 0.25) is 0 Å². The molecule has 3 atom stereocenters. The Morgan fingerprint density at radius 3 is 2.54 bits per heavy atom. The van der Waals surface area contributed by atoms with Crippen LogP contribution in [0.5, 0.6) is 5.75 Å². The van der Waals surface area contributed by atoms with Crippen molar-refractivity contribution in [1.29, 1.82) is 0 Å². The number of fused-ring (bicyclic) bond motifs is 4. The molecule has 0 aliphatic carbocycles. The number of pyridine rings is 1. The van der Waals surface area contributed by atoms with Gasteiger partial charge < -0.3 is 34.6 Å². The molecule has 8 rings (SSSR count). The predicted molar refractivity (Wildman–Crippen MR) is 198 cm³/mol. The maximum atomic E-state index is 13.7. The van der Waals surface area contributed by atoms with Gasteiger partial charge in [-0.2, -0.15) is 8.78 Å². The van der Waals surface area contributed by atoms with Crippen molar-refractivity contribution in [2.75, 3.05) is 20.2 Å². The Hall–Kier alpha value is -5.54. The van der Waals surface area contributed by atoms with Crippen molar-refractivity contribution in [3.05, 3.63) is 77.2 Å². The van der Waals surface area contributed by atoms with Crippen molar-refractivity contribution in [3.8, 4) is 17.3 Å². The van der Waals surface area contributed by atoms with E-state index < -0.39 is 24.8 Å². The maximum absolute atomic E-state index is 13.7. The fraction of sp³-hybridized carbons (Fsp3) is 0.385. The number of alkyl halides is 2. The molecule has 2 aliphatic rings. The lowest BCUT2D eigenvalue weighted by Crippen LogP contribution is -2.54. The molecule has 2 aliphatic heterocycles. The Morgan fingerprint density at radius 2 is 1.78 bits per heavy atom. The number of nitrogens with zero attached hydrogens (tertiary/aromatic N) is 7. The maximum Gasteiger partial charge on any atom is 0.345 e. The van der Waals surface area contributed by atoms with Crippen LogP contribution in [0.3, 0.4) is 0 Å².